The van der Waals surface area contributed by atoms with Crippen molar-refractivity contribution in [1.29, 1.82) is 0 Å². The van der Waals surface area contributed by atoms with Crippen LogP contribution in [0, 0.1) is 25.2 Å². The van der Waals surface area contributed by atoms with Gasteiger partial charge in [0.2, 0.25) is 5.91 Å². The summed E-state index contributed by atoms with van der Waals surface area (Å²) in [7, 11) is 0. The number of hydrogen-bond acceptors (Lipinski definition) is 3. The molecule has 1 aliphatic carbocycles. The number of rotatable bonds is 5. The van der Waals surface area contributed by atoms with Gasteiger partial charge >= 0.3 is 0 Å². The molecule has 5 heteroatoms. The molecule has 28 heavy (non-hydrogen) atoms. The minimum absolute atomic E-state index is 0.0325. The van der Waals surface area contributed by atoms with Crippen LogP contribution in [-0.4, -0.2) is 48.4 Å². The lowest BCUT2D eigenvalue weighted by Gasteiger charge is -2.33. The normalized spacial score (nSPS) is 21.4. The Morgan fingerprint density at radius 1 is 1.11 bits per heavy atom. The van der Waals surface area contributed by atoms with Crippen LogP contribution < -0.4 is 10.6 Å². The van der Waals surface area contributed by atoms with E-state index in [1.165, 1.54) is 6.42 Å². The average molecular weight is 386 g/mol. The largest absolute Gasteiger partial charge is 0.352 e. The van der Waals surface area contributed by atoms with Crippen LogP contribution in [0.3, 0.4) is 0 Å². The molecule has 2 fully saturated rings. The summed E-state index contributed by atoms with van der Waals surface area (Å²) in [6, 6.07) is 5.99. The lowest BCUT2D eigenvalue weighted by atomic mass is 9.90. The first-order chi connectivity index (χ1) is 13.1. The van der Waals surface area contributed by atoms with Gasteiger partial charge in [-0.05, 0) is 90.4 Å². The van der Waals surface area contributed by atoms with Crippen molar-refractivity contribution in [2.45, 2.75) is 59.4 Å². The van der Waals surface area contributed by atoms with E-state index in [1.54, 1.807) is 0 Å². The molecule has 1 aromatic carbocycles. The van der Waals surface area contributed by atoms with Crippen LogP contribution in [0.15, 0.2) is 18.2 Å². The van der Waals surface area contributed by atoms with E-state index in [9.17, 15) is 9.59 Å². The number of carbonyl (C=O) groups excluding carboxylic acids is 2. The average Bonchev–Trinajstić information content (AvgIpc) is 3.24. The van der Waals surface area contributed by atoms with Crippen molar-refractivity contribution in [2.75, 3.05) is 26.2 Å². The Balaban J connectivity index is 1.42. The zero-order valence-corrected chi connectivity index (χ0v) is 18.0. The van der Waals surface area contributed by atoms with E-state index in [0.29, 0.717) is 17.9 Å². The van der Waals surface area contributed by atoms with Crippen molar-refractivity contribution in [3.05, 3.63) is 34.9 Å². The fourth-order valence-corrected chi connectivity index (χ4v) is 4.57. The van der Waals surface area contributed by atoms with Crippen molar-refractivity contribution in [2.24, 2.45) is 11.3 Å². The second-order valence-corrected chi connectivity index (χ2v) is 9.92. The van der Waals surface area contributed by atoms with E-state index >= 15 is 0 Å². The van der Waals surface area contributed by atoms with Gasteiger partial charge in [-0.15, -0.1) is 0 Å². The summed E-state index contributed by atoms with van der Waals surface area (Å²) < 4.78 is 0. The Morgan fingerprint density at radius 2 is 1.71 bits per heavy atom. The highest BCUT2D eigenvalue weighted by molar-refractivity contribution is 5.94. The van der Waals surface area contributed by atoms with Crippen molar-refractivity contribution >= 4 is 11.8 Å². The number of hydrogen-bond donors (Lipinski definition) is 2. The number of benzene rings is 1. The van der Waals surface area contributed by atoms with Gasteiger partial charge < -0.3 is 10.6 Å². The van der Waals surface area contributed by atoms with Crippen molar-refractivity contribution < 1.29 is 9.59 Å². The van der Waals surface area contributed by atoms with Crippen LogP contribution in [-0.2, 0) is 4.79 Å². The number of likely N-dealkylation sites (tertiary alicyclic amines) is 1. The van der Waals surface area contributed by atoms with Gasteiger partial charge in [-0.2, -0.15) is 0 Å². The Bertz CT molecular complexity index is 722. The first-order valence-electron chi connectivity index (χ1n) is 10.5. The van der Waals surface area contributed by atoms with Crippen LogP contribution in [0.5, 0.6) is 0 Å². The zero-order valence-electron chi connectivity index (χ0n) is 18.0. The van der Waals surface area contributed by atoms with Crippen molar-refractivity contribution in [1.82, 2.24) is 15.5 Å². The number of piperidine rings is 1. The number of amides is 2. The molecule has 1 heterocycles. The molecule has 154 valence electrons. The first-order valence-corrected chi connectivity index (χ1v) is 10.5. The molecule has 0 radical (unpaired) electrons. The van der Waals surface area contributed by atoms with E-state index in [2.05, 4.69) is 21.6 Å². The summed E-state index contributed by atoms with van der Waals surface area (Å²) in [5.74, 6) is 0.717. The molecule has 0 aromatic heterocycles. The van der Waals surface area contributed by atoms with Gasteiger partial charge in [0, 0.05) is 17.6 Å². The Morgan fingerprint density at radius 3 is 2.29 bits per heavy atom. The van der Waals surface area contributed by atoms with Crippen molar-refractivity contribution in [3.8, 4) is 0 Å². The second kappa shape index (κ2) is 7.86. The lowest BCUT2D eigenvalue weighted by molar-refractivity contribution is -0.124. The Labute approximate surface area is 169 Å². The third-order valence-corrected chi connectivity index (χ3v) is 6.09. The number of nitrogens with one attached hydrogen (secondary N) is 2. The molecule has 5 nitrogen and oxygen atoms in total. The van der Waals surface area contributed by atoms with Gasteiger partial charge in [-0.1, -0.05) is 17.2 Å². The topological polar surface area (TPSA) is 61.4 Å². The van der Waals surface area contributed by atoms with Gasteiger partial charge in [0.25, 0.3) is 5.91 Å². The molecule has 3 rings (SSSR count). The summed E-state index contributed by atoms with van der Waals surface area (Å²) in [4.78, 5) is 26.9. The van der Waals surface area contributed by atoms with Gasteiger partial charge in [0.1, 0.15) is 0 Å². The fraction of sp³-hybridized carbons (Fsp3) is 0.652. The maximum Gasteiger partial charge on any atom is 0.251 e. The SMILES string of the molecule is Cc1cc(C)cc(C(=O)NCC2CC23CCN(CC(=O)NC(C)(C)C)CC3)c1. The maximum atomic E-state index is 12.5. The minimum Gasteiger partial charge on any atom is -0.352 e. The molecule has 1 unspecified atom stereocenters. The van der Waals surface area contributed by atoms with Gasteiger partial charge in [-0.25, -0.2) is 0 Å². The molecule has 2 aliphatic rings. The standard InChI is InChI=1S/C23H35N3O2/c1-16-10-17(2)12-18(11-16)21(28)24-14-19-13-23(19)6-8-26(9-7-23)15-20(27)25-22(3,4)5/h10-12,19H,6-9,13-15H2,1-5H3,(H,24,28)(H,25,27). The number of nitrogens with zero attached hydrogens (tertiary/aromatic N) is 1. The molecule has 1 atom stereocenters. The van der Waals surface area contributed by atoms with E-state index in [0.717, 1.165) is 49.2 Å². The predicted octanol–water partition coefficient (Wildman–Crippen LogP) is 3.05. The molecule has 1 aliphatic heterocycles. The highest BCUT2D eigenvalue weighted by atomic mass is 16.2. The van der Waals surface area contributed by atoms with E-state index in [1.807, 2.05) is 46.8 Å². The minimum atomic E-state index is -0.177. The molecule has 1 spiro atoms. The Kier molecular flexibility index (Phi) is 5.85. The second-order valence-electron chi connectivity index (χ2n) is 9.92. The van der Waals surface area contributed by atoms with E-state index in [4.69, 9.17) is 0 Å². The van der Waals surface area contributed by atoms with Crippen LogP contribution >= 0.6 is 0 Å². The summed E-state index contributed by atoms with van der Waals surface area (Å²) in [6.45, 7) is 13.3. The molecule has 1 saturated heterocycles. The van der Waals surface area contributed by atoms with E-state index < -0.39 is 0 Å². The van der Waals surface area contributed by atoms with E-state index in [-0.39, 0.29) is 17.4 Å². The smallest absolute Gasteiger partial charge is 0.251 e. The summed E-state index contributed by atoms with van der Waals surface area (Å²) >= 11 is 0. The highest BCUT2D eigenvalue weighted by Gasteiger charge is 2.54. The molecule has 1 aromatic rings. The summed E-state index contributed by atoms with van der Waals surface area (Å²) in [6.07, 6.45) is 3.45. The molecule has 0 bridgehead atoms. The summed E-state index contributed by atoms with van der Waals surface area (Å²) in [5, 5.41) is 6.18. The first kappa shape index (κ1) is 20.8. The quantitative estimate of drug-likeness (QED) is 0.819. The predicted molar refractivity (Wildman–Crippen MR) is 112 cm³/mol. The van der Waals surface area contributed by atoms with Crippen molar-refractivity contribution in [3.63, 3.8) is 0 Å². The van der Waals surface area contributed by atoms with Gasteiger partial charge in [-0.3, -0.25) is 14.5 Å². The zero-order chi connectivity index (χ0) is 20.5. The number of carbonyl (C=O) groups is 2. The van der Waals surface area contributed by atoms with Gasteiger partial charge in [0.15, 0.2) is 0 Å². The van der Waals surface area contributed by atoms with Crippen LogP contribution in [0.1, 0.15) is 61.5 Å². The lowest BCUT2D eigenvalue weighted by Crippen LogP contribution is -2.47. The monoisotopic (exact) mass is 385 g/mol. The Hall–Kier alpha value is -1.88. The fourth-order valence-electron chi connectivity index (χ4n) is 4.57. The molecule has 2 N–H and O–H groups in total. The summed E-state index contributed by atoms with van der Waals surface area (Å²) in [5.41, 5.74) is 3.20. The highest BCUT2D eigenvalue weighted by Crippen LogP contribution is 2.58. The third kappa shape index (κ3) is 5.34. The van der Waals surface area contributed by atoms with Crippen LogP contribution in [0.25, 0.3) is 0 Å². The third-order valence-electron chi connectivity index (χ3n) is 6.09. The number of aryl methyl sites for hydroxylation is 2. The van der Waals surface area contributed by atoms with Crippen LogP contribution in [0.4, 0.5) is 0 Å². The molecule has 1 saturated carbocycles. The van der Waals surface area contributed by atoms with Gasteiger partial charge in [0.05, 0.1) is 6.54 Å². The maximum absolute atomic E-state index is 12.5. The molecular formula is C23H35N3O2. The molecule has 2 amide bonds. The molecular weight excluding hydrogens is 350 g/mol. The van der Waals surface area contributed by atoms with Crippen LogP contribution in [0.2, 0.25) is 0 Å².